The molecule has 118 valence electrons. The van der Waals surface area contributed by atoms with E-state index in [2.05, 4.69) is 5.10 Å². The van der Waals surface area contributed by atoms with Crippen molar-refractivity contribution in [2.24, 2.45) is 7.05 Å². The van der Waals surface area contributed by atoms with Crippen LogP contribution in [-0.2, 0) is 11.8 Å². The van der Waals surface area contributed by atoms with Gasteiger partial charge in [0.1, 0.15) is 6.10 Å². The number of hydrogen-bond donors (Lipinski definition) is 1. The van der Waals surface area contributed by atoms with Crippen LogP contribution >= 0.6 is 12.4 Å². The third-order valence-electron chi connectivity index (χ3n) is 3.61. The minimum Gasteiger partial charge on any atom is -0.399 e. The number of halogens is 1. The molecule has 2 heterocycles. The molecule has 22 heavy (non-hydrogen) atoms. The summed E-state index contributed by atoms with van der Waals surface area (Å²) in [6.07, 6.45) is 3.58. The van der Waals surface area contributed by atoms with Gasteiger partial charge in [0.05, 0.1) is 19.3 Å². The highest BCUT2D eigenvalue weighted by molar-refractivity contribution is 5.94. The Labute approximate surface area is 135 Å². The number of rotatable bonds is 2. The molecule has 1 aromatic heterocycles. The van der Waals surface area contributed by atoms with E-state index in [-0.39, 0.29) is 24.4 Å². The second-order valence-electron chi connectivity index (χ2n) is 5.18. The van der Waals surface area contributed by atoms with E-state index in [0.717, 1.165) is 5.56 Å². The van der Waals surface area contributed by atoms with E-state index in [0.29, 0.717) is 30.9 Å². The molecule has 1 unspecified atom stereocenters. The standard InChI is InChI=1S/C15H18N4O2.ClH/c1-18-9-12(8-17-18)14-10-19(6-7-21-14)15(20)11-2-4-13(16)5-3-11;/h2-5,8-9,14H,6-7,10,16H2,1H3;1H. The predicted octanol–water partition coefficient (Wildman–Crippen LogP) is 1.64. The van der Waals surface area contributed by atoms with Gasteiger partial charge in [-0.15, -0.1) is 12.4 Å². The normalized spacial score (nSPS) is 17.9. The van der Waals surface area contributed by atoms with Crippen LogP contribution in [0.4, 0.5) is 5.69 Å². The van der Waals surface area contributed by atoms with Gasteiger partial charge in [0.2, 0.25) is 0 Å². The lowest BCUT2D eigenvalue weighted by molar-refractivity contribution is -0.0228. The maximum absolute atomic E-state index is 12.5. The molecule has 0 saturated carbocycles. The maximum atomic E-state index is 12.5. The number of morpholine rings is 1. The van der Waals surface area contributed by atoms with Crippen molar-refractivity contribution < 1.29 is 9.53 Å². The van der Waals surface area contributed by atoms with Crippen LogP contribution in [-0.4, -0.2) is 40.3 Å². The molecule has 0 spiro atoms. The van der Waals surface area contributed by atoms with Crippen molar-refractivity contribution in [3.63, 3.8) is 0 Å². The van der Waals surface area contributed by atoms with Crippen molar-refractivity contribution in [3.8, 4) is 0 Å². The first-order valence-electron chi connectivity index (χ1n) is 6.88. The van der Waals surface area contributed by atoms with Crippen LogP contribution in [0.15, 0.2) is 36.7 Å². The fourth-order valence-corrected chi connectivity index (χ4v) is 2.45. The van der Waals surface area contributed by atoms with Crippen molar-refractivity contribution >= 4 is 24.0 Å². The van der Waals surface area contributed by atoms with E-state index >= 15 is 0 Å². The Balaban J connectivity index is 0.00000176. The zero-order chi connectivity index (χ0) is 14.8. The van der Waals surface area contributed by atoms with Crippen LogP contribution in [0.1, 0.15) is 22.0 Å². The first-order chi connectivity index (χ1) is 10.1. The smallest absolute Gasteiger partial charge is 0.254 e. The molecule has 1 aliphatic rings. The van der Waals surface area contributed by atoms with Crippen LogP contribution in [0.5, 0.6) is 0 Å². The van der Waals surface area contributed by atoms with E-state index < -0.39 is 0 Å². The summed E-state index contributed by atoms with van der Waals surface area (Å²) in [6, 6.07) is 7.00. The number of benzene rings is 1. The summed E-state index contributed by atoms with van der Waals surface area (Å²) in [7, 11) is 1.86. The predicted molar refractivity (Wildman–Crippen MR) is 85.9 cm³/mol. The second kappa shape index (κ2) is 6.81. The number of anilines is 1. The fourth-order valence-electron chi connectivity index (χ4n) is 2.45. The van der Waals surface area contributed by atoms with Crippen molar-refractivity contribution in [2.45, 2.75) is 6.10 Å². The molecule has 0 radical (unpaired) electrons. The van der Waals surface area contributed by atoms with Gasteiger partial charge in [0.25, 0.3) is 5.91 Å². The Bertz CT molecular complexity index is 641. The van der Waals surface area contributed by atoms with Crippen LogP contribution in [0.25, 0.3) is 0 Å². The highest BCUT2D eigenvalue weighted by Crippen LogP contribution is 2.23. The zero-order valence-electron chi connectivity index (χ0n) is 12.3. The molecule has 1 atom stereocenters. The second-order valence-corrected chi connectivity index (χ2v) is 5.18. The van der Waals surface area contributed by atoms with Crippen molar-refractivity contribution in [1.29, 1.82) is 0 Å². The maximum Gasteiger partial charge on any atom is 0.254 e. The van der Waals surface area contributed by atoms with Gasteiger partial charge in [-0.05, 0) is 24.3 Å². The highest BCUT2D eigenvalue weighted by Gasteiger charge is 2.26. The molecule has 2 aromatic rings. The summed E-state index contributed by atoms with van der Waals surface area (Å²) in [5, 5.41) is 4.15. The number of ether oxygens (including phenoxy) is 1. The molecular weight excluding hydrogens is 304 g/mol. The lowest BCUT2D eigenvalue weighted by Gasteiger charge is -2.32. The number of aryl methyl sites for hydroxylation is 1. The summed E-state index contributed by atoms with van der Waals surface area (Å²) < 4.78 is 7.48. The largest absolute Gasteiger partial charge is 0.399 e. The van der Waals surface area contributed by atoms with Gasteiger partial charge in [0.15, 0.2) is 0 Å². The number of amides is 1. The monoisotopic (exact) mass is 322 g/mol. The molecule has 2 N–H and O–H groups in total. The Morgan fingerprint density at radius 1 is 1.36 bits per heavy atom. The lowest BCUT2D eigenvalue weighted by atomic mass is 10.1. The first-order valence-corrected chi connectivity index (χ1v) is 6.88. The van der Waals surface area contributed by atoms with Crippen LogP contribution in [0.3, 0.4) is 0 Å². The van der Waals surface area contributed by atoms with Crippen LogP contribution in [0, 0.1) is 0 Å². The van der Waals surface area contributed by atoms with E-state index in [1.807, 2.05) is 18.1 Å². The molecule has 3 rings (SSSR count). The highest BCUT2D eigenvalue weighted by atomic mass is 35.5. The van der Waals surface area contributed by atoms with Crippen molar-refractivity contribution in [2.75, 3.05) is 25.4 Å². The molecular formula is C15H19ClN4O2. The number of nitrogens with two attached hydrogens (primary N) is 1. The Morgan fingerprint density at radius 3 is 2.73 bits per heavy atom. The summed E-state index contributed by atoms with van der Waals surface area (Å²) in [5.41, 5.74) is 7.95. The average molecular weight is 323 g/mol. The molecule has 0 aliphatic carbocycles. The average Bonchev–Trinajstić information content (AvgIpc) is 2.94. The third kappa shape index (κ3) is 3.40. The fraction of sp³-hybridized carbons (Fsp3) is 0.333. The summed E-state index contributed by atoms with van der Waals surface area (Å²) in [6.45, 7) is 1.66. The zero-order valence-corrected chi connectivity index (χ0v) is 13.1. The van der Waals surface area contributed by atoms with Crippen molar-refractivity contribution in [1.82, 2.24) is 14.7 Å². The number of carbonyl (C=O) groups is 1. The third-order valence-corrected chi connectivity index (χ3v) is 3.61. The lowest BCUT2D eigenvalue weighted by Crippen LogP contribution is -2.42. The van der Waals surface area contributed by atoms with Crippen LogP contribution in [0.2, 0.25) is 0 Å². The minimum absolute atomic E-state index is 0. The number of hydrogen-bond acceptors (Lipinski definition) is 4. The molecule has 0 bridgehead atoms. The molecule has 6 nitrogen and oxygen atoms in total. The molecule has 1 amide bonds. The van der Waals surface area contributed by atoms with Gasteiger partial charge in [-0.1, -0.05) is 0 Å². The topological polar surface area (TPSA) is 73.4 Å². The Kier molecular flexibility index (Phi) is 5.05. The van der Waals surface area contributed by atoms with E-state index in [1.165, 1.54) is 0 Å². The Morgan fingerprint density at radius 2 is 2.09 bits per heavy atom. The molecule has 1 aromatic carbocycles. The quantitative estimate of drug-likeness (QED) is 0.853. The number of nitrogens with zero attached hydrogens (tertiary/aromatic N) is 3. The molecule has 1 aliphatic heterocycles. The van der Waals surface area contributed by atoms with Gasteiger partial charge in [0, 0.05) is 36.6 Å². The minimum atomic E-state index is -0.120. The number of carbonyl (C=O) groups excluding carboxylic acids is 1. The summed E-state index contributed by atoms with van der Waals surface area (Å²) in [4.78, 5) is 14.3. The molecule has 7 heteroatoms. The van der Waals surface area contributed by atoms with E-state index in [9.17, 15) is 4.79 Å². The summed E-state index contributed by atoms with van der Waals surface area (Å²) >= 11 is 0. The first kappa shape index (κ1) is 16.3. The van der Waals surface area contributed by atoms with E-state index in [4.69, 9.17) is 10.5 Å². The van der Waals surface area contributed by atoms with Gasteiger partial charge in [-0.25, -0.2) is 0 Å². The van der Waals surface area contributed by atoms with Crippen LogP contribution < -0.4 is 5.73 Å². The van der Waals surface area contributed by atoms with Gasteiger partial charge >= 0.3 is 0 Å². The van der Waals surface area contributed by atoms with Gasteiger partial charge in [-0.3, -0.25) is 9.48 Å². The molecule has 1 fully saturated rings. The van der Waals surface area contributed by atoms with Gasteiger partial charge in [-0.2, -0.15) is 5.10 Å². The van der Waals surface area contributed by atoms with Gasteiger partial charge < -0.3 is 15.4 Å². The SMILES string of the molecule is Cl.Cn1cc(C2CN(C(=O)c3ccc(N)cc3)CCO2)cn1. The molecule has 1 saturated heterocycles. The number of aromatic nitrogens is 2. The summed E-state index contributed by atoms with van der Waals surface area (Å²) in [5.74, 6) is 0.00666. The number of nitrogen functional groups attached to an aromatic ring is 1. The Hall–Kier alpha value is -2.05. The van der Waals surface area contributed by atoms with Crippen molar-refractivity contribution in [3.05, 3.63) is 47.8 Å². The van der Waals surface area contributed by atoms with E-state index in [1.54, 1.807) is 35.1 Å².